The van der Waals surface area contributed by atoms with Crippen LogP contribution in [0, 0.1) is 5.92 Å². The minimum absolute atomic E-state index is 0.000387. The van der Waals surface area contributed by atoms with Gasteiger partial charge in [-0.3, -0.25) is 19.2 Å². The van der Waals surface area contributed by atoms with Gasteiger partial charge in [-0.25, -0.2) is 4.79 Å². The lowest BCUT2D eigenvalue weighted by Crippen LogP contribution is -2.36. The highest BCUT2D eigenvalue weighted by atomic mass is 16.5. The lowest BCUT2D eigenvalue weighted by atomic mass is 9.80. The first-order valence-electron chi connectivity index (χ1n) is 15.8. The second kappa shape index (κ2) is 11.9. The van der Waals surface area contributed by atoms with Crippen LogP contribution in [0.4, 0.5) is 11.4 Å². The molecule has 3 atom stereocenters. The number of anilines is 2. The summed E-state index contributed by atoms with van der Waals surface area (Å²) >= 11 is 0. The van der Waals surface area contributed by atoms with Crippen LogP contribution in [0.3, 0.4) is 0 Å². The SMILES string of the molecule is COc1c2c3c4c(c(NC(C(=O)O)C(C)C)c(=O)c5c(NC(C)C(=O)O)cc(OC)c(c6c(OC)cc(O)c(c1=O)c63)c54)C=C(C)C2C(C)=O. The molecule has 1 aliphatic rings. The van der Waals surface area contributed by atoms with Gasteiger partial charge in [0.15, 0.2) is 5.75 Å². The molecule has 5 aromatic rings. The van der Waals surface area contributed by atoms with E-state index in [4.69, 9.17) is 14.2 Å². The average molecular weight is 685 g/mol. The number of hydrogen-bond acceptors (Lipinski definition) is 11. The second-order valence-electron chi connectivity index (χ2n) is 13.0. The molecule has 6 rings (SSSR count). The lowest BCUT2D eigenvalue weighted by Gasteiger charge is -2.26. The Morgan fingerprint density at radius 3 is 1.88 bits per heavy atom. The summed E-state index contributed by atoms with van der Waals surface area (Å²) in [7, 11) is 4.05. The molecule has 260 valence electrons. The van der Waals surface area contributed by atoms with Crippen molar-refractivity contribution in [3.63, 3.8) is 0 Å². The van der Waals surface area contributed by atoms with Crippen LogP contribution in [-0.4, -0.2) is 66.5 Å². The van der Waals surface area contributed by atoms with Crippen molar-refractivity contribution in [2.75, 3.05) is 32.0 Å². The number of carbonyl (C=O) groups excluding carboxylic acids is 1. The Kier molecular flexibility index (Phi) is 8.12. The van der Waals surface area contributed by atoms with Gasteiger partial charge in [0.25, 0.3) is 0 Å². The summed E-state index contributed by atoms with van der Waals surface area (Å²) in [5, 5.41) is 38.9. The third-order valence-corrected chi connectivity index (χ3v) is 9.64. The van der Waals surface area contributed by atoms with Crippen LogP contribution in [0.2, 0.25) is 0 Å². The summed E-state index contributed by atoms with van der Waals surface area (Å²) in [6, 6.07) is 0.318. The maximum Gasteiger partial charge on any atom is 0.326 e. The number of ether oxygens (including phenoxy) is 3. The number of nitrogens with one attached hydrogen (secondary N) is 2. The Balaban J connectivity index is 2.09. The Hall–Kier alpha value is -5.85. The first-order chi connectivity index (χ1) is 23.6. The molecule has 0 saturated heterocycles. The predicted octanol–water partition coefficient (Wildman–Crippen LogP) is 5.12. The summed E-state index contributed by atoms with van der Waals surface area (Å²) in [5.41, 5.74) is -0.482. The molecule has 0 saturated carbocycles. The van der Waals surface area contributed by atoms with E-state index in [-0.39, 0.29) is 67.1 Å². The minimum Gasteiger partial charge on any atom is -0.507 e. The third-order valence-electron chi connectivity index (χ3n) is 9.64. The summed E-state index contributed by atoms with van der Waals surface area (Å²) in [4.78, 5) is 67.5. The number of phenolic OH excluding ortho intramolecular Hbond substituents is 1. The third kappa shape index (κ3) is 4.63. The Labute approximate surface area is 284 Å². The molecule has 0 heterocycles. The molecule has 0 bridgehead atoms. The number of Topliss-reactive ketones (excluding diaryl/α,β-unsaturated/α-hetero) is 1. The van der Waals surface area contributed by atoms with Crippen LogP contribution >= 0.6 is 0 Å². The fraction of sp³-hybridized carbons (Fsp3) is 0.324. The highest BCUT2D eigenvalue weighted by Gasteiger charge is 2.38. The molecule has 13 heteroatoms. The van der Waals surface area contributed by atoms with Crippen LogP contribution in [0.1, 0.15) is 51.7 Å². The molecular formula is C37H36N2O11. The molecular weight excluding hydrogens is 648 g/mol. The number of benzene rings is 5. The fourth-order valence-electron chi connectivity index (χ4n) is 7.50. The van der Waals surface area contributed by atoms with Gasteiger partial charge < -0.3 is 40.2 Å². The molecule has 0 fully saturated rings. The zero-order valence-corrected chi connectivity index (χ0v) is 28.6. The Morgan fingerprint density at radius 2 is 1.36 bits per heavy atom. The number of ketones is 1. The summed E-state index contributed by atoms with van der Waals surface area (Å²) in [5.74, 6) is -4.62. The highest BCUT2D eigenvalue weighted by Crippen LogP contribution is 2.56. The van der Waals surface area contributed by atoms with E-state index >= 15 is 0 Å². The molecule has 0 amide bonds. The van der Waals surface area contributed by atoms with Crippen molar-refractivity contribution < 1.29 is 43.9 Å². The zero-order chi connectivity index (χ0) is 36.7. The Bertz CT molecular complexity index is 2450. The van der Waals surface area contributed by atoms with Crippen molar-refractivity contribution in [1.82, 2.24) is 0 Å². The van der Waals surface area contributed by atoms with Crippen molar-refractivity contribution in [2.45, 2.75) is 52.6 Å². The predicted molar refractivity (Wildman–Crippen MR) is 190 cm³/mol. The molecule has 0 aliphatic heterocycles. The van der Waals surface area contributed by atoms with Crippen molar-refractivity contribution in [2.24, 2.45) is 5.92 Å². The van der Waals surface area contributed by atoms with E-state index in [9.17, 15) is 39.3 Å². The maximum atomic E-state index is 15.0. The van der Waals surface area contributed by atoms with Gasteiger partial charge in [0.2, 0.25) is 10.9 Å². The smallest absolute Gasteiger partial charge is 0.326 e. The van der Waals surface area contributed by atoms with Crippen LogP contribution in [0.5, 0.6) is 23.0 Å². The van der Waals surface area contributed by atoms with Crippen molar-refractivity contribution >= 4 is 78.3 Å². The first kappa shape index (κ1) is 34.0. The molecule has 1 aliphatic carbocycles. The van der Waals surface area contributed by atoms with Gasteiger partial charge >= 0.3 is 11.9 Å². The van der Waals surface area contributed by atoms with Gasteiger partial charge in [0, 0.05) is 50.2 Å². The normalized spacial score (nSPS) is 15.4. The molecule has 13 nitrogen and oxygen atoms in total. The lowest BCUT2D eigenvalue weighted by molar-refractivity contribution is -0.139. The van der Waals surface area contributed by atoms with Gasteiger partial charge in [0.1, 0.15) is 35.1 Å². The molecule has 0 spiro atoms. The van der Waals surface area contributed by atoms with E-state index in [1.807, 2.05) is 0 Å². The number of allylic oxidation sites excluding steroid dienone is 1. The monoisotopic (exact) mass is 684 g/mol. The zero-order valence-electron chi connectivity index (χ0n) is 28.6. The van der Waals surface area contributed by atoms with Gasteiger partial charge in [-0.1, -0.05) is 25.5 Å². The number of rotatable bonds is 11. The fourth-order valence-corrected chi connectivity index (χ4v) is 7.50. The molecule has 50 heavy (non-hydrogen) atoms. The van der Waals surface area contributed by atoms with Crippen LogP contribution in [0.25, 0.3) is 49.2 Å². The standard InChI is InChI=1S/C37H36N2O11/c1-12(2)31(37(46)47)39-32-16-9-13(3)21(15(5)40)30-28-22(16)27-23(33(32)42)17(38-14(4)36(44)45)10-19(48-6)25(27)26-20(49-7)11-18(41)24(29(26)28)34(43)35(30)50-8/h9-12,14,21,31,38-39,41H,1-8H3,(H,44,45)(H,46,47). The minimum atomic E-state index is -1.24. The second-order valence-corrected chi connectivity index (χ2v) is 13.0. The number of aromatic hydroxyl groups is 1. The summed E-state index contributed by atoms with van der Waals surface area (Å²) in [6.07, 6.45) is 1.63. The summed E-state index contributed by atoms with van der Waals surface area (Å²) in [6.45, 7) is 7.80. The van der Waals surface area contributed by atoms with Crippen LogP contribution in [0.15, 0.2) is 27.3 Å². The van der Waals surface area contributed by atoms with E-state index in [1.165, 1.54) is 47.3 Å². The number of carboxylic acids is 2. The van der Waals surface area contributed by atoms with Gasteiger partial charge in [-0.05, 0) is 32.1 Å². The van der Waals surface area contributed by atoms with E-state index in [2.05, 4.69) is 10.6 Å². The van der Waals surface area contributed by atoms with Crippen LogP contribution in [-0.2, 0) is 14.4 Å². The van der Waals surface area contributed by atoms with E-state index in [0.29, 0.717) is 27.1 Å². The number of methoxy groups -OCH3 is 3. The number of fused-ring (bicyclic) bond motifs is 1. The quantitative estimate of drug-likeness (QED) is 0.0908. The van der Waals surface area contributed by atoms with E-state index in [1.54, 1.807) is 26.8 Å². The Morgan fingerprint density at radius 1 is 0.760 bits per heavy atom. The number of aliphatic carboxylic acids is 2. The topological polar surface area (TPSA) is 198 Å². The number of carbonyl (C=O) groups is 3. The first-order valence-corrected chi connectivity index (χ1v) is 15.8. The molecule has 5 aromatic carbocycles. The number of phenols is 1. The number of carboxylic acid groups (broad SMARTS) is 2. The molecule has 0 aromatic heterocycles. The van der Waals surface area contributed by atoms with Crippen molar-refractivity contribution in [1.29, 1.82) is 0 Å². The summed E-state index contributed by atoms with van der Waals surface area (Å²) < 4.78 is 17.4. The average Bonchev–Trinajstić information content (AvgIpc) is 3.18. The van der Waals surface area contributed by atoms with Crippen molar-refractivity contribution in [3.05, 3.63) is 49.3 Å². The van der Waals surface area contributed by atoms with Gasteiger partial charge in [-0.15, -0.1) is 0 Å². The number of hydrogen-bond donors (Lipinski definition) is 5. The largest absolute Gasteiger partial charge is 0.507 e. The van der Waals surface area contributed by atoms with Crippen molar-refractivity contribution in [3.8, 4) is 23.0 Å². The maximum absolute atomic E-state index is 15.0. The van der Waals surface area contributed by atoms with Gasteiger partial charge in [-0.2, -0.15) is 0 Å². The molecule has 0 radical (unpaired) electrons. The van der Waals surface area contributed by atoms with E-state index < -0.39 is 52.5 Å². The highest BCUT2D eigenvalue weighted by molar-refractivity contribution is 6.40. The molecule has 5 N–H and O–H groups in total. The van der Waals surface area contributed by atoms with Gasteiger partial charge in [0.05, 0.1) is 49.4 Å². The van der Waals surface area contributed by atoms with Crippen LogP contribution < -0.4 is 35.7 Å². The molecule has 3 unspecified atom stereocenters. The van der Waals surface area contributed by atoms with E-state index in [0.717, 1.165) is 0 Å².